The van der Waals surface area contributed by atoms with E-state index in [1.54, 1.807) is 19.2 Å². The van der Waals surface area contributed by atoms with Gasteiger partial charge in [-0.3, -0.25) is 4.79 Å². The molecule has 0 radical (unpaired) electrons. The third kappa shape index (κ3) is 3.39. The van der Waals surface area contributed by atoms with Crippen molar-refractivity contribution in [3.05, 3.63) is 44.7 Å². The fourth-order valence-corrected chi connectivity index (χ4v) is 2.72. The van der Waals surface area contributed by atoms with Crippen molar-refractivity contribution >= 4 is 56.5 Å². The van der Waals surface area contributed by atoms with Gasteiger partial charge in [-0.2, -0.15) is 0 Å². The largest absolute Gasteiger partial charge is 0.372 e. The maximum atomic E-state index is 12.0. The zero-order chi connectivity index (χ0) is 14.7. The molecule has 20 heavy (non-hydrogen) atoms. The first-order valence-corrected chi connectivity index (χ1v) is 7.02. The molecule has 1 aromatic carbocycles. The van der Waals surface area contributed by atoms with Crippen LogP contribution < -0.4 is 10.6 Å². The molecule has 1 amide bonds. The number of carbonyl (C=O) groups is 1. The standard InChI is InChI=1S/C12H9BrCl2N4O/c1-16-10-5-17-9(4-18-10)12(20)19-11-7(14)2-6(13)3-8(11)15/h2-5H,1H3,(H,16,18)(H,19,20). The van der Waals surface area contributed by atoms with Gasteiger partial charge in [-0.05, 0) is 12.1 Å². The Morgan fingerprint density at radius 2 is 1.85 bits per heavy atom. The lowest BCUT2D eigenvalue weighted by atomic mass is 10.3. The first kappa shape index (κ1) is 15.0. The van der Waals surface area contributed by atoms with E-state index in [4.69, 9.17) is 23.2 Å². The van der Waals surface area contributed by atoms with Crippen molar-refractivity contribution in [3.63, 3.8) is 0 Å². The summed E-state index contributed by atoms with van der Waals surface area (Å²) in [6.07, 6.45) is 2.82. The number of nitrogens with one attached hydrogen (secondary N) is 2. The number of amides is 1. The van der Waals surface area contributed by atoms with E-state index in [-0.39, 0.29) is 5.69 Å². The average Bonchev–Trinajstić information content (AvgIpc) is 2.42. The molecular weight excluding hydrogens is 367 g/mol. The SMILES string of the molecule is CNc1cnc(C(=O)Nc2c(Cl)cc(Br)cc2Cl)cn1. The molecule has 2 aromatic rings. The van der Waals surface area contributed by atoms with Crippen molar-refractivity contribution < 1.29 is 4.79 Å². The molecule has 0 unspecified atom stereocenters. The van der Waals surface area contributed by atoms with E-state index >= 15 is 0 Å². The number of rotatable bonds is 3. The Balaban J connectivity index is 2.23. The molecule has 2 rings (SSSR count). The van der Waals surface area contributed by atoms with Crippen LogP contribution >= 0.6 is 39.1 Å². The highest BCUT2D eigenvalue weighted by atomic mass is 79.9. The molecule has 8 heteroatoms. The molecule has 1 heterocycles. The zero-order valence-corrected chi connectivity index (χ0v) is 13.3. The van der Waals surface area contributed by atoms with Gasteiger partial charge in [0.1, 0.15) is 11.5 Å². The van der Waals surface area contributed by atoms with E-state index in [2.05, 4.69) is 36.5 Å². The van der Waals surface area contributed by atoms with E-state index in [1.807, 2.05) is 0 Å². The van der Waals surface area contributed by atoms with Crippen LogP contribution in [0.5, 0.6) is 0 Å². The molecule has 0 fully saturated rings. The summed E-state index contributed by atoms with van der Waals surface area (Å²) in [6, 6.07) is 3.28. The molecule has 104 valence electrons. The van der Waals surface area contributed by atoms with E-state index in [1.165, 1.54) is 12.4 Å². The van der Waals surface area contributed by atoms with E-state index in [0.717, 1.165) is 4.47 Å². The van der Waals surface area contributed by atoms with Gasteiger partial charge in [0.05, 0.1) is 28.1 Å². The fraction of sp³-hybridized carbons (Fsp3) is 0.0833. The van der Waals surface area contributed by atoms with Gasteiger partial charge in [-0.1, -0.05) is 39.1 Å². The summed E-state index contributed by atoms with van der Waals surface area (Å²) < 4.78 is 0.726. The quantitative estimate of drug-likeness (QED) is 0.855. The van der Waals surface area contributed by atoms with E-state index in [0.29, 0.717) is 21.6 Å². The van der Waals surface area contributed by atoms with Crippen molar-refractivity contribution in [2.75, 3.05) is 17.7 Å². The number of benzene rings is 1. The van der Waals surface area contributed by atoms with Gasteiger partial charge in [0.25, 0.3) is 5.91 Å². The molecule has 0 saturated carbocycles. The van der Waals surface area contributed by atoms with Gasteiger partial charge in [-0.15, -0.1) is 0 Å². The lowest BCUT2D eigenvalue weighted by Crippen LogP contribution is -2.15. The number of aromatic nitrogens is 2. The van der Waals surface area contributed by atoms with Crippen molar-refractivity contribution in [2.45, 2.75) is 0 Å². The molecule has 2 N–H and O–H groups in total. The molecule has 0 saturated heterocycles. The predicted octanol–water partition coefficient (Wildman–Crippen LogP) is 3.84. The minimum absolute atomic E-state index is 0.166. The Morgan fingerprint density at radius 1 is 1.20 bits per heavy atom. The van der Waals surface area contributed by atoms with Crippen molar-refractivity contribution in [1.82, 2.24) is 9.97 Å². The molecule has 0 aliphatic heterocycles. The van der Waals surface area contributed by atoms with Crippen LogP contribution in [0.25, 0.3) is 0 Å². The van der Waals surface area contributed by atoms with Gasteiger partial charge in [0.2, 0.25) is 0 Å². The van der Waals surface area contributed by atoms with Crippen molar-refractivity contribution in [3.8, 4) is 0 Å². The Kier molecular flexibility index (Phi) is 4.80. The van der Waals surface area contributed by atoms with Crippen LogP contribution in [0.1, 0.15) is 10.5 Å². The van der Waals surface area contributed by atoms with Crippen LogP contribution in [-0.4, -0.2) is 22.9 Å². The van der Waals surface area contributed by atoms with Crippen molar-refractivity contribution in [2.24, 2.45) is 0 Å². The van der Waals surface area contributed by atoms with Crippen LogP contribution in [0.2, 0.25) is 10.0 Å². The van der Waals surface area contributed by atoms with Gasteiger partial charge >= 0.3 is 0 Å². The number of halogens is 3. The minimum atomic E-state index is -0.439. The molecule has 0 aliphatic carbocycles. The second-order valence-corrected chi connectivity index (χ2v) is 5.47. The number of anilines is 2. The van der Waals surface area contributed by atoms with Crippen LogP contribution in [0.15, 0.2) is 29.0 Å². The summed E-state index contributed by atoms with van der Waals surface area (Å²) >= 11 is 15.3. The van der Waals surface area contributed by atoms with Gasteiger partial charge in [-0.25, -0.2) is 9.97 Å². The predicted molar refractivity (Wildman–Crippen MR) is 83.7 cm³/mol. The smallest absolute Gasteiger partial charge is 0.275 e. The third-order valence-corrected chi connectivity index (χ3v) is 3.44. The number of nitrogens with zero attached hydrogens (tertiary/aromatic N) is 2. The minimum Gasteiger partial charge on any atom is -0.372 e. The second kappa shape index (κ2) is 6.39. The van der Waals surface area contributed by atoms with E-state index < -0.39 is 5.91 Å². The van der Waals surface area contributed by atoms with Crippen LogP contribution in [0, 0.1) is 0 Å². The molecule has 0 bridgehead atoms. The molecule has 5 nitrogen and oxygen atoms in total. The first-order valence-electron chi connectivity index (χ1n) is 5.47. The Morgan fingerprint density at radius 3 is 2.35 bits per heavy atom. The highest BCUT2D eigenvalue weighted by Gasteiger charge is 2.14. The summed E-state index contributed by atoms with van der Waals surface area (Å²) in [5, 5.41) is 6.09. The first-order chi connectivity index (χ1) is 9.51. The monoisotopic (exact) mass is 374 g/mol. The number of carbonyl (C=O) groups excluding carboxylic acids is 1. The summed E-state index contributed by atoms with van der Waals surface area (Å²) in [4.78, 5) is 20.0. The van der Waals surface area contributed by atoms with Crippen molar-refractivity contribution in [1.29, 1.82) is 0 Å². The average molecular weight is 376 g/mol. The van der Waals surface area contributed by atoms with Gasteiger partial charge in [0, 0.05) is 11.5 Å². The summed E-state index contributed by atoms with van der Waals surface area (Å²) in [5.74, 6) is 0.132. The van der Waals surface area contributed by atoms with Crippen LogP contribution in [0.3, 0.4) is 0 Å². The lowest BCUT2D eigenvalue weighted by molar-refractivity contribution is 0.102. The number of hydrogen-bond acceptors (Lipinski definition) is 4. The zero-order valence-electron chi connectivity index (χ0n) is 10.2. The third-order valence-electron chi connectivity index (χ3n) is 2.39. The molecule has 0 spiro atoms. The summed E-state index contributed by atoms with van der Waals surface area (Å²) in [6.45, 7) is 0. The van der Waals surface area contributed by atoms with Gasteiger partial charge in [0.15, 0.2) is 0 Å². The second-order valence-electron chi connectivity index (χ2n) is 3.74. The Labute approximate surface area is 133 Å². The Hall–Kier alpha value is -1.37. The molecule has 0 atom stereocenters. The van der Waals surface area contributed by atoms with Crippen LogP contribution in [0.4, 0.5) is 11.5 Å². The highest BCUT2D eigenvalue weighted by Crippen LogP contribution is 2.33. The maximum Gasteiger partial charge on any atom is 0.275 e. The van der Waals surface area contributed by atoms with E-state index in [9.17, 15) is 4.79 Å². The molecular formula is C12H9BrCl2N4O. The topological polar surface area (TPSA) is 66.9 Å². The highest BCUT2D eigenvalue weighted by molar-refractivity contribution is 9.10. The summed E-state index contributed by atoms with van der Waals surface area (Å²) in [5.41, 5.74) is 0.500. The summed E-state index contributed by atoms with van der Waals surface area (Å²) in [7, 11) is 1.71. The molecule has 1 aromatic heterocycles. The van der Waals surface area contributed by atoms with Crippen LogP contribution in [-0.2, 0) is 0 Å². The lowest BCUT2D eigenvalue weighted by Gasteiger charge is -2.09. The Bertz CT molecular complexity index is 625. The normalized spacial score (nSPS) is 10.2. The fourth-order valence-electron chi connectivity index (χ4n) is 1.41. The maximum absolute atomic E-state index is 12.0. The van der Waals surface area contributed by atoms with Gasteiger partial charge < -0.3 is 10.6 Å². The number of hydrogen-bond donors (Lipinski definition) is 2. The molecule has 0 aliphatic rings.